The first-order valence-electron chi connectivity index (χ1n) is 3.12. The van der Waals surface area contributed by atoms with Crippen molar-refractivity contribution in [2.45, 2.75) is 39.5 Å². The maximum absolute atomic E-state index is 4.17. The van der Waals surface area contributed by atoms with E-state index in [1.807, 2.05) is 0 Å². The molecule has 0 aliphatic heterocycles. The third kappa shape index (κ3) is 15.7. The molecule has 0 heterocycles. The van der Waals surface area contributed by atoms with Crippen LogP contribution in [0.1, 0.15) is 39.5 Å². The van der Waals surface area contributed by atoms with Gasteiger partial charge in [-0.05, 0) is 0 Å². The first kappa shape index (κ1) is 11.8. The molecule has 0 amide bonds. The molecule has 0 bridgehead atoms. The van der Waals surface area contributed by atoms with Crippen molar-refractivity contribution in [1.29, 1.82) is 0 Å². The molecule has 0 aromatic rings. The molecule has 0 atom stereocenters. The van der Waals surface area contributed by atoms with Crippen LogP contribution in [0, 0.1) is 0 Å². The van der Waals surface area contributed by atoms with Gasteiger partial charge in [-0.15, -0.1) is 0 Å². The molecule has 48 valence electrons. The maximum atomic E-state index is 4.17. The first-order valence-corrected chi connectivity index (χ1v) is 7.02. The zero-order chi connectivity index (χ0) is 6.83. The Bertz CT molecular complexity index is 27.7. The average molecular weight is 237 g/mol. The second-order valence-electron chi connectivity index (χ2n) is 1.71. The third-order valence-corrected chi connectivity index (χ3v) is 0.957. The molecule has 0 aromatic carbocycles. The number of rotatable bonds is 3. The molecule has 0 saturated heterocycles. The van der Waals surface area contributed by atoms with Gasteiger partial charge >= 0.3 is 29.9 Å². The third-order valence-electron chi connectivity index (χ3n) is 0.957. The van der Waals surface area contributed by atoms with Gasteiger partial charge in [-0.25, -0.2) is 0 Å². The second-order valence-corrected chi connectivity index (χ2v) is 1.71. The van der Waals surface area contributed by atoms with Crippen molar-refractivity contribution in [2.24, 2.45) is 0 Å². The molecule has 0 rings (SSSR count). The summed E-state index contributed by atoms with van der Waals surface area (Å²) in [7, 11) is 4.17. The van der Waals surface area contributed by atoms with Crippen molar-refractivity contribution in [3.05, 3.63) is 0 Å². The summed E-state index contributed by atoms with van der Waals surface area (Å²) < 4.78 is 0. The molecule has 0 aliphatic rings. The second kappa shape index (κ2) is 15.7. The summed E-state index contributed by atoms with van der Waals surface area (Å²) in [4.78, 5) is 0. The summed E-state index contributed by atoms with van der Waals surface area (Å²) in [5, 5.41) is 0. The van der Waals surface area contributed by atoms with Gasteiger partial charge in [0.25, 0.3) is 0 Å². The molecule has 0 fully saturated rings. The van der Waals surface area contributed by atoms with Gasteiger partial charge in [-0.1, -0.05) is 39.5 Å². The summed E-state index contributed by atoms with van der Waals surface area (Å²) in [6.45, 7) is 4.46. The predicted molar refractivity (Wildman–Crippen MR) is 43.2 cm³/mol. The van der Waals surface area contributed by atoms with Crippen LogP contribution in [-0.4, -0.2) is 20.6 Å². The van der Waals surface area contributed by atoms with E-state index in [1.54, 1.807) is 0 Å². The normalized spacial score (nSPS) is 7.25. The summed E-state index contributed by atoms with van der Waals surface area (Å²) in [5.74, 6) is 0. The van der Waals surface area contributed by atoms with Gasteiger partial charge in [-0.2, -0.15) is 0 Å². The molecular weight excluding hydrogens is 223 g/mol. The molecular formula is C6H14SSn. The summed E-state index contributed by atoms with van der Waals surface area (Å²) in [6, 6.07) is 0. The summed E-state index contributed by atoms with van der Waals surface area (Å²) in [5.41, 5.74) is 0. The molecule has 0 saturated carbocycles. The van der Waals surface area contributed by atoms with E-state index in [2.05, 4.69) is 23.1 Å². The van der Waals surface area contributed by atoms with Crippen molar-refractivity contribution in [3.8, 4) is 0 Å². The van der Waals surface area contributed by atoms with Crippen molar-refractivity contribution in [1.82, 2.24) is 0 Å². The average Bonchev–Trinajstić information content (AvgIpc) is 1.88. The van der Waals surface area contributed by atoms with Gasteiger partial charge in [0.15, 0.2) is 0 Å². The van der Waals surface area contributed by atoms with Gasteiger partial charge in [0.2, 0.25) is 0 Å². The Kier molecular flexibility index (Phi) is 23.1. The van der Waals surface area contributed by atoms with E-state index in [0.29, 0.717) is 0 Å². The quantitative estimate of drug-likeness (QED) is 0.537. The van der Waals surface area contributed by atoms with E-state index in [9.17, 15) is 0 Å². The fourth-order valence-electron chi connectivity index (χ4n) is 0.500. The Morgan fingerprint density at radius 3 is 1.38 bits per heavy atom. The SMILES string of the molecule is CCCCCC.[S]=[Sn]. The molecule has 2 heteroatoms. The van der Waals surface area contributed by atoms with E-state index in [1.165, 1.54) is 25.7 Å². The minimum atomic E-state index is 1.13. The zero-order valence-electron chi connectivity index (χ0n) is 5.74. The van der Waals surface area contributed by atoms with E-state index in [-0.39, 0.29) is 0 Å². The Morgan fingerprint density at radius 1 is 1.00 bits per heavy atom. The fraction of sp³-hybridized carbons (Fsp3) is 1.00. The van der Waals surface area contributed by atoms with Gasteiger partial charge < -0.3 is 0 Å². The first-order chi connectivity index (χ1) is 3.91. The van der Waals surface area contributed by atoms with Crippen molar-refractivity contribution in [2.75, 3.05) is 0 Å². The van der Waals surface area contributed by atoms with Crippen LogP contribution in [0.5, 0.6) is 0 Å². The van der Waals surface area contributed by atoms with Crippen molar-refractivity contribution < 1.29 is 0 Å². The van der Waals surface area contributed by atoms with Gasteiger partial charge in [0.05, 0.1) is 0 Å². The summed E-state index contributed by atoms with van der Waals surface area (Å²) >= 11 is 1.13. The monoisotopic (exact) mass is 238 g/mol. The molecule has 2 radical (unpaired) electrons. The van der Waals surface area contributed by atoms with Crippen LogP contribution in [-0.2, 0) is 0 Å². The van der Waals surface area contributed by atoms with Crippen LogP contribution in [0.25, 0.3) is 0 Å². The van der Waals surface area contributed by atoms with Crippen molar-refractivity contribution in [3.63, 3.8) is 0 Å². The topological polar surface area (TPSA) is 0 Å². The molecule has 0 unspecified atom stereocenters. The van der Waals surface area contributed by atoms with E-state index < -0.39 is 0 Å². The van der Waals surface area contributed by atoms with Crippen LogP contribution >= 0.6 is 9.29 Å². The summed E-state index contributed by atoms with van der Waals surface area (Å²) in [6.07, 6.45) is 5.54. The van der Waals surface area contributed by atoms with E-state index in [0.717, 1.165) is 20.6 Å². The Morgan fingerprint density at radius 2 is 1.25 bits per heavy atom. The molecule has 8 heavy (non-hydrogen) atoms. The Labute approximate surface area is 69.3 Å². The van der Waals surface area contributed by atoms with Crippen LogP contribution < -0.4 is 0 Å². The van der Waals surface area contributed by atoms with E-state index >= 15 is 0 Å². The van der Waals surface area contributed by atoms with Crippen molar-refractivity contribution >= 4 is 29.9 Å². The number of unbranched alkanes of at least 4 members (excludes halogenated alkanes) is 3. The fourth-order valence-corrected chi connectivity index (χ4v) is 0.500. The molecule has 0 spiro atoms. The van der Waals surface area contributed by atoms with Crippen LogP contribution in [0.4, 0.5) is 0 Å². The Hall–Kier alpha value is 1.02. The molecule has 0 N–H and O–H groups in total. The van der Waals surface area contributed by atoms with Gasteiger partial charge in [0, 0.05) is 0 Å². The zero-order valence-corrected chi connectivity index (χ0v) is 9.41. The van der Waals surface area contributed by atoms with Crippen LogP contribution in [0.2, 0.25) is 0 Å². The Balaban J connectivity index is 0. The van der Waals surface area contributed by atoms with Gasteiger partial charge in [0.1, 0.15) is 0 Å². The molecule has 0 aromatic heterocycles. The number of hydrogen-bond acceptors (Lipinski definition) is 1. The van der Waals surface area contributed by atoms with Gasteiger partial charge in [-0.3, -0.25) is 0 Å². The minimum absolute atomic E-state index is 1.13. The van der Waals surface area contributed by atoms with Crippen LogP contribution in [0.3, 0.4) is 0 Å². The predicted octanol–water partition coefficient (Wildman–Crippen LogP) is 2.85. The standard InChI is InChI=1S/C6H14.S.Sn/c1-3-5-6-4-2;;/h3-6H2,1-2H3;;. The molecule has 0 aliphatic carbocycles. The number of hydrogen-bond donors (Lipinski definition) is 0. The van der Waals surface area contributed by atoms with Crippen LogP contribution in [0.15, 0.2) is 0 Å². The molecule has 0 nitrogen and oxygen atoms in total. The van der Waals surface area contributed by atoms with E-state index in [4.69, 9.17) is 0 Å².